The highest BCUT2D eigenvalue weighted by Crippen LogP contribution is 1.93. The summed E-state index contributed by atoms with van der Waals surface area (Å²) in [6.07, 6.45) is 2.79. The monoisotopic (exact) mass is 160 g/mol. The third kappa shape index (κ3) is 5.69. The molecule has 58 valence electrons. The number of hydrogen-bond acceptors (Lipinski definition) is 3. The molecular weight excluding hydrogens is 148 g/mol. The van der Waals surface area contributed by atoms with Crippen molar-refractivity contribution in [2.45, 2.75) is 12.8 Å². The smallest absolute Gasteiger partial charge is 0.306 e. The van der Waals surface area contributed by atoms with E-state index in [9.17, 15) is 4.79 Å². The quantitative estimate of drug-likeness (QED) is 0.374. The number of carbonyl (C=O) groups is 1. The maximum absolute atomic E-state index is 10.7. The SMILES string of the molecule is C=CCOC(=O)CCCS. The van der Waals surface area contributed by atoms with Crippen LogP contribution in [-0.4, -0.2) is 18.3 Å². The van der Waals surface area contributed by atoms with Crippen LogP contribution >= 0.6 is 12.6 Å². The molecule has 0 saturated carbocycles. The molecule has 0 aromatic carbocycles. The van der Waals surface area contributed by atoms with Gasteiger partial charge in [-0.2, -0.15) is 12.6 Å². The number of carbonyl (C=O) groups excluding carboxylic acids is 1. The standard InChI is InChI=1S/C7H12O2S/c1-2-5-9-7(8)4-3-6-10/h2,10H,1,3-6H2. The Labute approximate surface area is 66.7 Å². The second-order valence-corrected chi connectivity index (χ2v) is 2.25. The minimum absolute atomic E-state index is 0.172. The van der Waals surface area contributed by atoms with Crippen molar-refractivity contribution >= 4 is 18.6 Å². The van der Waals surface area contributed by atoms with Gasteiger partial charge >= 0.3 is 5.97 Å². The Balaban J connectivity index is 3.16. The zero-order valence-corrected chi connectivity index (χ0v) is 6.77. The zero-order chi connectivity index (χ0) is 7.82. The molecule has 0 rings (SSSR count). The lowest BCUT2D eigenvalue weighted by atomic mass is 10.3. The molecule has 3 heteroatoms. The summed E-state index contributed by atoms with van der Waals surface area (Å²) in [5, 5.41) is 0. The van der Waals surface area contributed by atoms with E-state index in [4.69, 9.17) is 4.74 Å². The Morgan fingerprint density at radius 2 is 2.40 bits per heavy atom. The van der Waals surface area contributed by atoms with E-state index in [0.29, 0.717) is 13.0 Å². The molecule has 0 saturated heterocycles. The van der Waals surface area contributed by atoms with Gasteiger partial charge in [-0.25, -0.2) is 0 Å². The topological polar surface area (TPSA) is 26.3 Å². The number of thiol groups is 1. The van der Waals surface area contributed by atoms with Crippen molar-refractivity contribution in [2.75, 3.05) is 12.4 Å². The van der Waals surface area contributed by atoms with Crippen molar-refractivity contribution in [2.24, 2.45) is 0 Å². The van der Waals surface area contributed by atoms with Gasteiger partial charge in [0.2, 0.25) is 0 Å². The van der Waals surface area contributed by atoms with E-state index in [0.717, 1.165) is 12.2 Å². The van der Waals surface area contributed by atoms with Gasteiger partial charge in [0.25, 0.3) is 0 Å². The molecule has 0 aromatic rings. The van der Waals surface area contributed by atoms with Crippen LogP contribution in [0.5, 0.6) is 0 Å². The Hall–Kier alpha value is -0.440. The molecule has 0 unspecified atom stereocenters. The molecule has 0 aliphatic carbocycles. The average Bonchev–Trinajstić information content (AvgIpc) is 1.97. The van der Waals surface area contributed by atoms with E-state index < -0.39 is 0 Å². The summed E-state index contributed by atoms with van der Waals surface area (Å²) < 4.78 is 4.70. The summed E-state index contributed by atoms with van der Waals surface area (Å²) in [7, 11) is 0. The number of esters is 1. The van der Waals surface area contributed by atoms with Crippen molar-refractivity contribution in [3.05, 3.63) is 12.7 Å². The summed E-state index contributed by atoms with van der Waals surface area (Å²) in [4.78, 5) is 10.7. The summed E-state index contributed by atoms with van der Waals surface area (Å²) in [5.41, 5.74) is 0. The van der Waals surface area contributed by atoms with Gasteiger partial charge in [-0.3, -0.25) is 4.79 Å². The molecule has 0 spiro atoms. The lowest BCUT2D eigenvalue weighted by Crippen LogP contribution is -2.03. The van der Waals surface area contributed by atoms with Crippen molar-refractivity contribution in [1.82, 2.24) is 0 Å². The van der Waals surface area contributed by atoms with E-state index in [1.807, 2.05) is 0 Å². The molecule has 0 heterocycles. The van der Waals surface area contributed by atoms with Gasteiger partial charge in [0, 0.05) is 6.42 Å². The van der Waals surface area contributed by atoms with Crippen molar-refractivity contribution in [3.8, 4) is 0 Å². The van der Waals surface area contributed by atoms with Crippen molar-refractivity contribution < 1.29 is 9.53 Å². The molecule has 0 fully saturated rings. The van der Waals surface area contributed by atoms with E-state index in [1.54, 1.807) is 6.08 Å². The normalized spacial score (nSPS) is 8.90. The van der Waals surface area contributed by atoms with E-state index in [1.165, 1.54) is 0 Å². The Morgan fingerprint density at radius 3 is 2.90 bits per heavy atom. The average molecular weight is 160 g/mol. The third-order valence-corrected chi connectivity index (χ3v) is 1.22. The molecule has 0 atom stereocenters. The fraction of sp³-hybridized carbons (Fsp3) is 0.571. The summed E-state index contributed by atoms with van der Waals surface area (Å²) in [6, 6.07) is 0. The lowest BCUT2D eigenvalue weighted by molar-refractivity contribution is -0.142. The number of rotatable bonds is 5. The minimum Gasteiger partial charge on any atom is -0.461 e. The van der Waals surface area contributed by atoms with Crippen LogP contribution in [0.4, 0.5) is 0 Å². The number of ether oxygens (including phenoxy) is 1. The van der Waals surface area contributed by atoms with Crippen LogP contribution in [0.2, 0.25) is 0 Å². The first-order valence-electron chi connectivity index (χ1n) is 3.18. The predicted octanol–water partition coefficient (Wildman–Crippen LogP) is 1.43. The van der Waals surface area contributed by atoms with Crippen LogP contribution in [0.15, 0.2) is 12.7 Å². The highest BCUT2D eigenvalue weighted by Gasteiger charge is 1.98. The largest absolute Gasteiger partial charge is 0.461 e. The molecular formula is C7H12O2S. The van der Waals surface area contributed by atoms with E-state index >= 15 is 0 Å². The maximum atomic E-state index is 10.7. The Kier molecular flexibility index (Phi) is 6.38. The first kappa shape index (κ1) is 9.56. The van der Waals surface area contributed by atoms with E-state index in [-0.39, 0.29) is 5.97 Å². The predicted molar refractivity (Wildman–Crippen MR) is 44.2 cm³/mol. The Bertz CT molecular complexity index is 112. The van der Waals surface area contributed by atoms with Crippen molar-refractivity contribution in [3.63, 3.8) is 0 Å². The highest BCUT2D eigenvalue weighted by atomic mass is 32.1. The summed E-state index contributed by atoms with van der Waals surface area (Å²) >= 11 is 3.96. The molecule has 0 bridgehead atoms. The lowest BCUT2D eigenvalue weighted by Gasteiger charge is -1.98. The molecule has 10 heavy (non-hydrogen) atoms. The van der Waals surface area contributed by atoms with Gasteiger partial charge in [-0.1, -0.05) is 12.7 Å². The second kappa shape index (κ2) is 6.68. The van der Waals surface area contributed by atoms with Gasteiger partial charge in [0.05, 0.1) is 0 Å². The van der Waals surface area contributed by atoms with Crippen LogP contribution in [0.1, 0.15) is 12.8 Å². The molecule has 0 amide bonds. The Morgan fingerprint density at radius 1 is 1.70 bits per heavy atom. The second-order valence-electron chi connectivity index (χ2n) is 1.80. The fourth-order valence-electron chi connectivity index (χ4n) is 0.447. The molecule has 0 radical (unpaired) electrons. The summed E-state index contributed by atoms with van der Waals surface area (Å²) in [6.45, 7) is 3.73. The van der Waals surface area contributed by atoms with Crippen LogP contribution < -0.4 is 0 Å². The molecule has 0 N–H and O–H groups in total. The third-order valence-electron chi connectivity index (χ3n) is 0.901. The number of hydrogen-bond donors (Lipinski definition) is 1. The highest BCUT2D eigenvalue weighted by molar-refractivity contribution is 7.80. The molecule has 0 aromatic heterocycles. The van der Waals surface area contributed by atoms with Crippen LogP contribution in [0, 0.1) is 0 Å². The van der Waals surface area contributed by atoms with Gasteiger partial charge in [-0.15, -0.1) is 0 Å². The first-order chi connectivity index (χ1) is 4.81. The van der Waals surface area contributed by atoms with Crippen molar-refractivity contribution in [1.29, 1.82) is 0 Å². The zero-order valence-electron chi connectivity index (χ0n) is 5.88. The molecule has 0 aliphatic rings. The first-order valence-corrected chi connectivity index (χ1v) is 3.82. The fourth-order valence-corrected chi connectivity index (χ4v) is 0.606. The molecule has 2 nitrogen and oxygen atoms in total. The van der Waals surface area contributed by atoms with Crippen LogP contribution in [0.25, 0.3) is 0 Å². The summed E-state index contributed by atoms with van der Waals surface area (Å²) in [5.74, 6) is 0.553. The van der Waals surface area contributed by atoms with Gasteiger partial charge < -0.3 is 4.74 Å². The van der Waals surface area contributed by atoms with E-state index in [2.05, 4.69) is 19.2 Å². The van der Waals surface area contributed by atoms with Crippen LogP contribution in [-0.2, 0) is 9.53 Å². The minimum atomic E-state index is -0.172. The van der Waals surface area contributed by atoms with Gasteiger partial charge in [0.1, 0.15) is 6.61 Å². The molecule has 0 aliphatic heterocycles. The van der Waals surface area contributed by atoms with Gasteiger partial charge in [0.15, 0.2) is 0 Å². The van der Waals surface area contributed by atoms with Gasteiger partial charge in [-0.05, 0) is 12.2 Å². The van der Waals surface area contributed by atoms with Crippen LogP contribution in [0.3, 0.4) is 0 Å². The maximum Gasteiger partial charge on any atom is 0.306 e.